The number of ether oxygens (including phenoxy) is 1. The molecule has 0 spiro atoms. The van der Waals surface area contributed by atoms with E-state index in [9.17, 15) is 9.59 Å². The molecular weight excluding hydrogens is 510 g/mol. The fraction of sp³-hybridized carbons (Fsp3) is 0.467. The number of nitrogens with two attached hydrogens (primary N) is 1. The lowest BCUT2D eigenvalue weighted by molar-refractivity contribution is -0.128. The molecule has 6 rings (SSSR count). The van der Waals surface area contributed by atoms with Crippen molar-refractivity contribution >= 4 is 33.7 Å². The fourth-order valence-electron chi connectivity index (χ4n) is 5.42. The number of piperidine rings is 3. The third kappa shape index (κ3) is 6.36. The van der Waals surface area contributed by atoms with Crippen molar-refractivity contribution in [3.05, 3.63) is 59.2 Å². The van der Waals surface area contributed by atoms with Crippen molar-refractivity contribution in [3.8, 4) is 11.5 Å². The second-order valence-corrected chi connectivity index (χ2v) is 12.3. The SMILES string of the molecule is CC(C)C(=[NH2+])SC(=N)c1ccc(Oc2cc(C(=O)NC34CCN(CC3)CC4)ccc2CN2CCCC2=O)cc1. The summed E-state index contributed by atoms with van der Waals surface area (Å²) in [6.07, 6.45) is 4.38. The van der Waals surface area contributed by atoms with Crippen LogP contribution in [0.5, 0.6) is 11.5 Å². The highest BCUT2D eigenvalue weighted by molar-refractivity contribution is 8.26. The van der Waals surface area contributed by atoms with Crippen molar-refractivity contribution in [1.82, 2.24) is 15.1 Å². The molecule has 0 aromatic heterocycles. The first-order chi connectivity index (χ1) is 18.7. The van der Waals surface area contributed by atoms with Crippen LogP contribution in [0.1, 0.15) is 67.4 Å². The van der Waals surface area contributed by atoms with Crippen molar-refractivity contribution in [2.45, 2.75) is 58.0 Å². The zero-order valence-electron chi connectivity index (χ0n) is 22.8. The zero-order chi connectivity index (χ0) is 27.6. The maximum atomic E-state index is 13.4. The molecule has 0 unspecified atom stereocenters. The molecule has 0 radical (unpaired) electrons. The highest BCUT2D eigenvalue weighted by Crippen LogP contribution is 2.33. The highest BCUT2D eigenvalue weighted by Gasteiger charge is 2.40. The zero-order valence-corrected chi connectivity index (χ0v) is 23.6. The standard InChI is InChI=1S/C30H37N5O3S/c1-20(2)27(31)39-28(32)21-7-9-24(10-8-21)38-25-18-22(5-6-23(25)19-35-14-3-4-26(35)36)29(37)33-30-11-15-34(16-12-30)17-13-30/h5-10,18,20,31-32H,3-4,11-17,19H2,1-2H3,(H,33,37)/p+1. The number of rotatable bonds is 8. The number of likely N-dealkylation sites (tertiary alicyclic amines) is 1. The van der Waals surface area contributed by atoms with Gasteiger partial charge >= 0.3 is 0 Å². The van der Waals surface area contributed by atoms with E-state index in [-0.39, 0.29) is 23.3 Å². The van der Waals surface area contributed by atoms with E-state index in [4.69, 9.17) is 15.6 Å². The Morgan fingerprint density at radius 3 is 2.36 bits per heavy atom. The van der Waals surface area contributed by atoms with Crippen LogP contribution in [0.2, 0.25) is 0 Å². The van der Waals surface area contributed by atoms with E-state index in [1.807, 2.05) is 55.1 Å². The van der Waals surface area contributed by atoms with Gasteiger partial charge in [0, 0.05) is 67.3 Å². The molecule has 0 saturated carbocycles. The number of hydrogen-bond acceptors (Lipinski definition) is 6. The number of carbonyl (C=O) groups excluding carboxylic acids is 2. The van der Waals surface area contributed by atoms with Gasteiger partial charge in [-0.15, -0.1) is 0 Å². The molecular formula is C30H38N5O3S+. The van der Waals surface area contributed by atoms with E-state index in [0.29, 0.717) is 40.1 Å². The summed E-state index contributed by atoms with van der Waals surface area (Å²) in [6.45, 7) is 8.28. The molecule has 2 aromatic carbocycles. The van der Waals surface area contributed by atoms with E-state index < -0.39 is 0 Å². The summed E-state index contributed by atoms with van der Waals surface area (Å²) in [4.78, 5) is 30.0. The van der Waals surface area contributed by atoms with Crippen LogP contribution in [0.3, 0.4) is 0 Å². The lowest BCUT2D eigenvalue weighted by atomic mass is 9.80. The summed E-state index contributed by atoms with van der Waals surface area (Å²) < 4.78 is 6.32. The van der Waals surface area contributed by atoms with Crippen LogP contribution in [0.25, 0.3) is 0 Å². The summed E-state index contributed by atoms with van der Waals surface area (Å²) >= 11 is 1.27. The summed E-state index contributed by atoms with van der Waals surface area (Å²) in [5.41, 5.74) is 2.04. The van der Waals surface area contributed by atoms with E-state index >= 15 is 0 Å². The number of nitrogens with one attached hydrogen (secondary N) is 2. The molecule has 8 nitrogen and oxygen atoms in total. The minimum atomic E-state index is -0.123. The first-order valence-corrected chi connectivity index (χ1v) is 14.7. The van der Waals surface area contributed by atoms with E-state index in [1.54, 1.807) is 6.07 Å². The van der Waals surface area contributed by atoms with Crippen molar-refractivity contribution in [1.29, 1.82) is 5.41 Å². The third-order valence-corrected chi connectivity index (χ3v) is 9.24. The van der Waals surface area contributed by atoms with Gasteiger partial charge in [0.1, 0.15) is 16.5 Å². The Hall–Kier alpha value is -3.17. The summed E-state index contributed by atoms with van der Waals surface area (Å²) in [5.74, 6) is 1.41. The first-order valence-electron chi connectivity index (χ1n) is 13.8. The van der Waals surface area contributed by atoms with Gasteiger partial charge in [-0.3, -0.25) is 20.4 Å². The third-order valence-electron chi connectivity index (χ3n) is 8.09. The van der Waals surface area contributed by atoms with E-state index in [2.05, 4.69) is 10.2 Å². The Balaban J connectivity index is 1.35. The van der Waals surface area contributed by atoms with Gasteiger partial charge in [-0.2, -0.15) is 0 Å². The van der Waals surface area contributed by atoms with E-state index in [0.717, 1.165) is 63.0 Å². The normalized spacial score (nSPS) is 22.3. The van der Waals surface area contributed by atoms with Crippen LogP contribution in [-0.4, -0.2) is 63.4 Å². The predicted molar refractivity (Wildman–Crippen MR) is 154 cm³/mol. The predicted octanol–water partition coefficient (Wildman–Crippen LogP) is 3.44. The van der Waals surface area contributed by atoms with Gasteiger partial charge in [-0.1, -0.05) is 19.9 Å². The van der Waals surface area contributed by atoms with Gasteiger partial charge in [0.15, 0.2) is 0 Å². The second-order valence-electron chi connectivity index (χ2n) is 11.2. The smallest absolute Gasteiger partial charge is 0.251 e. The van der Waals surface area contributed by atoms with Gasteiger partial charge in [-0.25, -0.2) is 0 Å². The Labute approximate surface area is 234 Å². The topological polar surface area (TPSA) is 111 Å². The van der Waals surface area contributed by atoms with Crippen molar-refractivity contribution in [3.63, 3.8) is 0 Å². The number of benzene rings is 2. The maximum Gasteiger partial charge on any atom is 0.251 e. The Bertz CT molecular complexity index is 1250. The molecule has 39 heavy (non-hydrogen) atoms. The molecule has 2 aromatic rings. The number of fused-ring (bicyclic) bond motifs is 3. The second kappa shape index (κ2) is 11.5. The molecule has 4 heterocycles. The van der Waals surface area contributed by atoms with Crippen LogP contribution in [0.15, 0.2) is 42.5 Å². The first kappa shape index (κ1) is 27.4. The highest BCUT2D eigenvalue weighted by atomic mass is 32.2. The number of thioether (sulfide) groups is 1. The average molecular weight is 549 g/mol. The fourth-order valence-corrected chi connectivity index (χ4v) is 6.15. The Morgan fingerprint density at radius 2 is 1.74 bits per heavy atom. The van der Waals surface area contributed by atoms with Crippen LogP contribution in [-0.2, 0) is 11.3 Å². The number of carbonyl (C=O) groups is 2. The molecule has 4 aliphatic heterocycles. The Kier molecular flexibility index (Phi) is 8.09. The van der Waals surface area contributed by atoms with Gasteiger partial charge in [0.2, 0.25) is 11.0 Å². The number of hydrogen-bond donors (Lipinski definition) is 3. The minimum Gasteiger partial charge on any atom is -0.457 e. The van der Waals surface area contributed by atoms with Gasteiger partial charge in [0.25, 0.3) is 5.91 Å². The van der Waals surface area contributed by atoms with Crippen LogP contribution >= 0.6 is 11.8 Å². The molecule has 4 fully saturated rings. The molecule has 0 aliphatic carbocycles. The molecule has 0 atom stereocenters. The summed E-state index contributed by atoms with van der Waals surface area (Å²) in [6, 6.07) is 12.9. The number of nitrogens with zero attached hydrogens (tertiary/aromatic N) is 2. The van der Waals surface area contributed by atoms with Gasteiger partial charge in [0.05, 0.1) is 0 Å². The average Bonchev–Trinajstić information content (AvgIpc) is 3.34. The molecule has 2 bridgehead atoms. The van der Waals surface area contributed by atoms with Crippen LogP contribution in [0.4, 0.5) is 0 Å². The Morgan fingerprint density at radius 1 is 1.08 bits per heavy atom. The van der Waals surface area contributed by atoms with Crippen molar-refractivity contribution in [2.75, 3.05) is 26.2 Å². The van der Waals surface area contributed by atoms with Crippen molar-refractivity contribution in [2.24, 2.45) is 5.92 Å². The quantitative estimate of drug-likeness (QED) is 0.346. The van der Waals surface area contributed by atoms with Gasteiger partial charge < -0.3 is 19.9 Å². The van der Waals surface area contributed by atoms with Crippen LogP contribution in [0, 0.1) is 11.3 Å². The molecule has 9 heteroatoms. The molecule has 4 N–H and O–H groups in total. The van der Waals surface area contributed by atoms with Crippen LogP contribution < -0.4 is 15.5 Å². The summed E-state index contributed by atoms with van der Waals surface area (Å²) in [5, 5.41) is 18.9. The largest absolute Gasteiger partial charge is 0.457 e. The molecule has 4 saturated heterocycles. The van der Waals surface area contributed by atoms with Gasteiger partial charge in [-0.05, 0) is 73.8 Å². The van der Waals surface area contributed by atoms with E-state index in [1.165, 1.54) is 11.8 Å². The number of amides is 2. The van der Waals surface area contributed by atoms with Crippen molar-refractivity contribution < 1.29 is 19.7 Å². The molecule has 206 valence electrons. The minimum absolute atomic E-state index is 0.0844. The molecule has 2 amide bonds. The lowest BCUT2D eigenvalue weighted by Crippen LogP contribution is -2.61. The summed E-state index contributed by atoms with van der Waals surface area (Å²) in [7, 11) is 0. The lowest BCUT2D eigenvalue weighted by Gasteiger charge is -2.48. The monoisotopic (exact) mass is 548 g/mol. The maximum absolute atomic E-state index is 13.4. The molecule has 4 aliphatic rings.